The topological polar surface area (TPSA) is 61.8 Å². The van der Waals surface area contributed by atoms with Crippen LogP contribution in [0.4, 0.5) is 4.39 Å². The molecule has 1 aromatic rings. The molecule has 0 radical (unpaired) electrons. The minimum Gasteiger partial charge on any atom is -0.409 e. The summed E-state index contributed by atoms with van der Waals surface area (Å²) in [7, 11) is 0. The zero-order valence-corrected chi connectivity index (χ0v) is 12.7. The molecule has 5 heteroatoms. The molecule has 0 atom stereocenters. The molecule has 0 amide bonds. The molecule has 116 valence electrons. The lowest BCUT2D eigenvalue weighted by atomic mass is 9.86. The van der Waals surface area contributed by atoms with Gasteiger partial charge in [-0.3, -0.25) is 4.90 Å². The van der Waals surface area contributed by atoms with Gasteiger partial charge in [0.05, 0.1) is 0 Å². The van der Waals surface area contributed by atoms with Crippen molar-refractivity contribution in [2.75, 3.05) is 13.1 Å². The van der Waals surface area contributed by atoms with Gasteiger partial charge in [0.1, 0.15) is 5.82 Å². The summed E-state index contributed by atoms with van der Waals surface area (Å²) in [5.41, 5.74) is 6.52. The van der Waals surface area contributed by atoms with Gasteiger partial charge in [-0.1, -0.05) is 31.1 Å². The van der Waals surface area contributed by atoms with Crippen molar-refractivity contribution in [1.29, 1.82) is 0 Å². The van der Waals surface area contributed by atoms with E-state index < -0.39 is 0 Å². The van der Waals surface area contributed by atoms with Gasteiger partial charge >= 0.3 is 0 Å². The Morgan fingerprint density at radius 3 is 2.62 bits per heavy atom. The summed E-state index contributed by atoms with van der Waals surface area (Å²) in [6.07, 6.45) is 2.36. The lowest BCUT2D eigenvalue weighted by Crippen LogP contribution is -2.35. The molecule has 1 heterocycles. The quantitative estimate of drug-likeness (QED) is 0.388. The number of amidine groups is 1. The van der Waals surface area contributed by atoms with Crippen molar-refractivity contribution in [3.8, 4) is 0 Å². The monoisotopic (exact) mass is 293 g/mol. The van der Waals surface area contributed by atoms with E-state index >= 15 is 0 Å². The van der Waals surface area contributed by atoms with Crippen LogP contribution >= 0.6 is 0 Å². The molecular weight excluding hydrogens is 269 g/mol. The van der Waals surface area contributed by atoms with Gasteiger partial charge < -0.3 is 10.9 Å². The van der Waals surface area contributed by atoms with Crippen molar-refractivity contribution < 1.29 is 9.60 Å². The average molecular weight is 293 g/mol. The van der Waals surface area contributed by atoms with Crippen molar-refractivity contribution in [1.82, 2.24) is 4.90 Å². The first kappa shape index (κ1) is 15.8. The number of oxime groups is 1. The Kier molecular flexibility index (Phi) is 5.17. The zero-order valence-electron chi connectivity index (χ0n) is 12.7. The maximum absolute atomic E-state index is 14.1. The Bertz CT molecular complexity index is 508. The number of halogens is 1. The number of hydrogen-bond acceptors (Lipinski definition) is 3. The normalized spacial score (nSPS) is 18.4. The van der Waals surface area contributed by atoms with Crippen molar-refractivity contribution in [2.24, 2.45) is 22.7 Å². The number of hydrogen-bond donors (Lipinski definition) is 2. The van der Waals surface area contributed by atoms with Gasteiger partial charge in [-0.2, -0.15) is 0 Å². The molecule has 0 bridgehead atoms. The fourth-order valence-electron chi connectivity index (χ4n) is 2.91. The standard InChI is InChI=1S/C16H24FN3O/c1-11(2)12-5-7-20(8-6-12)10-14-4-3-13(9-15(14)17)16(18)19-21/h3-4,9,11-12,21H,5-8,10H2,1-2H3,(H2,18,19). The number of nitrogens with zero attached hydrogens (tertiary/aromatic N) is 2. The second kappa shape index (κ2) is 6.89. The smallest absolute Gasteiger partial charge is 0.170 e. The van der Waals surface area contributed by atoms with Gasteiger partial charge in [-0.15, -0.1) is 0 Å². The third kappa shape index (κ3) is 3.94. The predicted octanol–water partition coefficient (Wildman–Crippen LogP) is 2.79. The van der Waals surface area contributed by atoms with E-state index in [-0.39, 0.29) is 11.7 Å². The third-order valence-corrected chi connectivity index (χ3v) is 4.43. The maximum atomic E-state index is 14.1. The van der Waals surface area contributed by atoms with Gasteiger partial charge in [0.25, 0.3) is 0 Å². The molecule has 0 saturated carbocycles. The van der Waals surface area contributed by atoms with Crippen LogP contribution in [0.2, 0.25) is 0 Å². The summed E-state index contributed by atoms with van der Waals surface area (Å²) in [4.78, 5) is 2.29. The van der Waals surface area contributed by atoms with Crippen LogP contribution in [0.3, 0.4) is 0 Å². The molecule has 0 aromatic heterocycles. The van der Waals surface area contributed by atoms with Crippen molar-refractivity contribution in [3.63, 3.8) is 0 Å². The number of nitrogens with two attached hydrogens (primary N) is 1. The summed E-state index contributed by atoms with van der Waals surface area (Å²) < 4.78 is 14.1. The van der Waals surface area contributed by atoms with Crippen LogP contribution < -0.4 is 5.73 Å². The van der Waals surface area contributed by atoms with Crippen LogP contribution in [0.15, 0.2) is 23.4 Å². The van der Waals surface area contributed by atoms with E-state index in [2.05, 4.69) is 23.9 Å². The number of piperidine rings is 1. The van der Waals surface area contributed by atoms with E-state index in [1.54, 1.807) is 12.1 Å². The first-order chi connectivity index (χ1) is 10.0. The number of benzene rings is 1. The molecule has 1 saturated heterocycles. The summed E-state index contributed by atoms with van der Waals surface area (Å²) in [6, 6.07) is 4.73. The van der Waals surface area contributed by atoms with E-state index in [4.69, 9.17) is 10.9 Å². The van der Waals surface area contributed by atoms with E-state index in [0.29, 0.717) is 17.7 Å². The molecule has 1 aromatic carbocycles. The van der Waals surface area contributed by atoms with Crippen LogP contribution in [0.25, 0.3) is 0 Å². The summed E-state index contributed by atoms with van der Waals surface area (Å²) in [6.45, 7) is 7.19. The first-order valence-corrected chi connectivity index (χ1v) is 7.50. The Hall–Kier alpha value is -1.62. The average Bonchev–Trinajstić information content (AvgIpc) is 2.49. The molecule has 3 N–H and O–H groups in total. The molecule has 2 rings (SSSR count). The highest BCUT2D eigenvalue weighted by Gasteiger charge is 2.22. The van der Waals surface area contributed by atoms with E-state index in [1.807, 2.05) is 0 Å². The predicted molar refractivity (Wildman–Crippen MR) is 81.7 cm³/mol. The molecule has 4 nitrogen and oxygen atoms in total. The van der Waals surface area contributed by atoms with Crippen LogP contribution in [-0.2, 0) is 6.54 Å². The summed E-state index contributed by atoms with van der Waals surface area (Å²) >= 11 is 0. The Morgan fingerprint density at radius 1 is 1.43 bits per heavy atom. The lowest BCUT2D eigenvalue weighted by Gasteiger charge is -2.33. The van der Waals surface area contributed by atoms with Gasteiger partial charge in [-0.25, -0.2) is 4.39 Å². The Balaban J connectivity index is 1.98. The molecule has 0 unspecified atom stereocenters. The Morgan fingerprint density at radius 2 is 2.10 bits per heavy atom. The van der Waals surface area contributed by atoms with Crippen LogP contribution in [-0.4, -0.2) is 29.0 Å². The van der Waals surface area contributed by atoms with E-state index in [1.165, 1.54) is 18.9 Å². The molecule has 1 aliphatic rings. The van der Waals surface area contributed by atoms with E-state index in [9.17, 15) is 4.39 Å². The molecule has 0 spiro atoms. The first-order valence-electron chi connectivity index (χ1n) is 7.50. The van der Waals surface area contributed by atoms with Gasteiger partial charge in [-0.05, 0) is 43.8 Å². The largest absolute Gasteiger partial charge is 0.409 e. The second-order valence-electron chi connectivity index (χ2n) is 6.15. The minimum absolute atomic E-state index is 0.0711. The Labute approximate surface area is 125 Å². The molecule has 0 aliphatic carbocycles. The zero-order chi connectivity index (χ0) is 15.4. The second-order valence-corrected chi connectivity index (χ2v) is 6.15. The summed E-state index contributed by atoms with van der Waals surface area (Å²) in [5, 5.41) is 11.5. The van der Waals surface area contributed by atoms with Crippen molar-refractivity contribution in [2.45, 2.75) is 33.2 Å². The highest BCUT2D eigenvalue weighted by Crippen LogP contribution is 2.25. The van der Waals surface area contributed by atoms with Crippen LogP contribution in [0.1, 0.15) is 37.8 Å². The molecule has 21 heavy (non-hydrogen) atoms. The van der Waals surface area contributed by atoms with Gasteiger partial charge in [0.2, 0.25) is 0 Å². The third-order valence-electron chi connectivity index (χ3n) is 4.43. The van der Waals surface area contributed by atoms with E-state index in [0.717, 1.165) is 24.9 Å². The lowest BCUT2D eigenvalue weighted by molar-refractivity contribution is 0.150. The highest BCUT2D eigenvalue weighted by atomic mass is 19.1. The fraction of sp³-hybridized carbons (Fsp3) is 0.562. The maximum Gasteiger partial charge on any atom is 0.170 e. The number of likely N-dealkylation sites (tertiary alicyclic amines) is 1. The van der Waals surface area contributed by atoms with Crippen LogP contribution in [0.5, 0.6) is 0 Å². The minimum atomic E-state index is -0.301. The summed E-state index contributed by atoms with van der Waals surface area (Å²) in [5.74, 6) is 1.14. The van der Waals surface area contributed by atoms with Gasteiger partial charge in [0.15, 0.2) is 5.84 Å². The van der Waals surface area contributed by atoms with Crippen molar-refractivity contribution >= 4 is 5.84 Å². The molecule has 1 aliphatic heterocycles. The van der Waals surface area contributed by atoms with Crippen LogP contribution in [0, 0.1) is 17.7 Å². The van der Waals surface area contributed by atoms with Gasteiger partial charge in [0, 0.05) is 17.7 Å². The molecular formula is C16H24FN3O. The SMILES string of the molecule is CC(C)C1CCN(Cc2ccc(/C(N)=N/O)cc2F)CC1. The highest BCUT2D eigenvalue weighted by molar-refractivity contribution is 5.97. The molecule has 1 fully saturated rings. The number of rotatable bonds is 4. The fourth-order valence-corrected chi connectivity index (χ4v) is 2.91. The van der Waals surface area contributed by atoms with Crippen molar-refractivity contribution in [3.05, 3.63) is 35.1 Å².